The minimum atomic E-state index is -0.800. The van der Waals surface area contributed by atoms with E-state index in [0.29, 0.717) is 19.3 Å². The molecule has 0 fully saturated rings. The van der Waals surface area contributed by atoms with E-state index in [1.165, 1.54) is 180 Å². The molecule has 0 aromatic rings. The number of hydrogen-bond acceptors (Lipinski definition) is 8. The Labute approximate surface area is 396 Å². The van der Waals surface area contributed by atoms with Crippen molar-refractivity contribution in [3.63, 3.8) is 0 Å². The van der Waals surface area contributed by atoms with Gasteiger partial charge in [0.25, 0.3) is 0 Å². The zero-order valence-corrected chi connectivity index (χ0v) is 42.6. The van der Waals surface area contributed by atoms with Gasteiger partial charge in [-0.3, -0.25) is 14.4 Å². The lowest BCUT2D eigenvalue weighted by atomic mass is 10.0. The van der Waals surface area contributed by atoms with Crippen LogP contribution in [0.4, 0.5) is 0 Å². The van der Waals surface area contributed by atoms with Gasteiger partial charge in [0.05, 0.1) is 13.2 Å². The average molecular weight is 907 g/mol. The highest BCUT2D eigenvalue weighted by Gasteiger charge is 2.21. The molecule has 64 heavy (non-hydrogen) atoms. The predicted molar refractivity (Wildman–Crippen MR) is 269 cm³/mol. The van der Waals surface area contributed by atoms with Crippen LogP contribution in [-0.2, 0) is 33.3 Å². The highest BCUT2D eigenvalue weighted by atomic mass is 16.6. The van der Waals surface area contributed by atoms with Crippen molar-refractivity contribution in [3.8, 4) is 0 Å². The molecule has 0 amide bonds. The summed E-state index contributed by atoms with van der Waals surface area (Å²) in [5, 5.41) is 9.99. The number of allylic oxidation sites excluding steroid dienone is 2. The van der Waals surface area contributed by atoms with Gasteiger partial charge in [-0.2, -0.15) is 0 Å². The predicted octanol–water partition coefficient (Wildman–Crippen LogP) is 16.4. The summed E-state index contributed by atoms with van der Waals surface area (Å²) in [7, 11) is 0. The molecule has 0 spiro atoms. The molecule has 0 saturated heterocycles. The van der Waals surface area contributed by atoms with Crippen LogP contribution < -0.4 is 0 Å². The van der Waals surface area contributed by atoms with Gasteiger partial charge >= 0.3 is 17.9 Å². The first-order valence-corrected chi connectivity index (χ1v) is 27.8. The largest absolute Gasteiger partial charge is 0.463 e. The summed E-state index contributed by atoms with van der Waals surface area (Å²) in [6.45, 7) is 6.18. The van der Waals surface area contributed by atoms with Crippen LogP contribution in [0.15, 0.2) is 12.2 Å². The number of aliphatic hydroxyl groups is 1. The van der Waals surface area contributed by atoms with Crippen molar-refractivity contribution < 1.29 is 38.4 Å². The number of carbonyl (C=O) groups is 3. The number of carbonyl (C=O) groups excluding carboxylic acids is 3. The Morgan fingerprint density at radius 2 is 0.641 bits per heavy atom. The Bertz CT molecular complexity index is 1010. The maximum atomic E-state index is 12.9. The summed E-state index contributed by atoms with van der Waals surface area (Å²) in [5.41, 5.74) is 0. The minimum Gasteiger partial charge on any atom is -0.463 e. The molecule has 0 aliphatic carbocycles. The summed E-state index contributed by atoms with van der Waals surface area (Å²) >= 11 is 0. The standard InChI is InChI=1S/C56H106O8/c1-4-7-10-13-16-19-22-25-26-29-31-34-36-39-42-45-54(58)62-49-52(48-57)61-50-53(64-56(60)47-44-41-38-35-32-28-24-21-18-15-12-9-6-3)51-63-55(59)46-43-40-37-33-30-27-23-20-17-14-11-8-5-2/h25-26,52-53,57H,4-24,27-51H2,1-3H3. The van der Waals surface area contributed by atoms with Crippen LogP contribution in [0.2, 0.25) is 0 Å². The number of aliphatic hydroxyl groups excluding tert-OH is 1. The van der Waals surface area contributed by atoms with Gasteiger partial charge in [0.15, 0.2) is 6.10 Å². The SMILES string of the molecule is CCCCCCCCC=CCCCCCCCC(=O)OCC(CO)OCC(COC(=O)CCCCCCCCCCCCCCC)OC(=O)CCCCCCCCCCCCCCC. The van der Waals surface area contributed by atoms with Gasteiger partial charge in [0, 0.05) is 19.3 Å². The first-order chi connectivity index (χ1) is 31.5. The fraction of sp³-hybridized carbons (Fsp3) is 0.911. The molecule has 0 aromatic heterocycles. The van der Waals surface area contributed by atoms with Gasteiger partial charge in [-0.25, -0.2) is 0 Å². The van der Waals surface area contributed by atoms with Gasteiger partial charge in [-0.15, -0.1) is 0 Å². The fourth-order valence-electron chi connectivity index (χ4n) is 8.19. The Balaban J connectivity index is 4.50. The van der Waals surface area contributed by atoms with E-state index in [1.807, 2.05) is 0 Å². The second-order valence-electron chi connectivity index (χ2n) is 18.9. The first-order valence-electron chi connectivity index (χ1n) is 27.8. The minimum absolute atomic E-state index is 0.0621. The van der Waals surface area contributed by atoms with Crippen LogP contribution >= 0.6 is 0 Å². The second-order valence-corrected chi connectivity index (χ2v) is 18.9. The molecule has 2 atom stereocenters. The summed E-state index contributed by atoms with van der Waals surface area (Å²) in [6, 6.07) is 0. The lowest BCUT2D eigenvalue weighted by Crippen LogP contribution is -2.34. The van der Waals surface area contributed by atoms with Crippen molar-refractivity contribution in [2.75, 3.05) is 26.4 Å². The molecule has 1 N–H and O–H groups in total. The smallest absolute Gasteiger partial charge is 0.306 e. The molecule has 378 valence electrons. The van der Waals surface area contributed by atoms with E-state index in [-0.39, 0.29) is 44.3 Å². The summed E-state index contributed by atoms with van der Waals surface area (Å²) in [6.07, 6.45) is 51.8. The lowest BCUT2D eigenvalue weighted by molar-refractivity contribution is -0.167. The Morgan fingerprint density at radius 3 is 0.969 bits per heavy atom. The molecule has 0 rings (SSSR count). The topological polar surface area (TPSA) is 108 Å². The maximum Gasteiger partial charge on any atom is 0.306 e. The van der Waals surface area contributed by atoms with Crippen LogP contribution in [0.1, 0.15) is 290 Å². The van der Waals surface area contributed by atoms with E-state index >= 15 is 0 Å². The highest BCUT2D eigenvalue weighted by molar-refractivity contribution is 5.70. The fourth-order valence-corrected chi connectivity index (χ4v) is 8.19. The third kappa shape index (κ3) is 48.0. The summed E-state index contributed by atoms with van der Waals surface area (Å²) < 4.78 is 22.6. The zero-order chi connectivity index (χ0) is 46.7. The second kappa shape index (κ2) is 52.0. The average Bonchev–Trinajstić information content (AvgIpc) is 3.29. The summed E-state index contributed by atoms with van der Waals surface area (Å²) in [4.78, 5) is 38.0. The molecule has 8 nitrogen and oxygen atoms in total. The van der Waals surface area contributed by atoms with Crippen LogP contribution in [0.3, 0.4) is 0 Å². The third-order valence-electron chi connectivity index (χ3n) is 12.5. The van der Waals surface area contributed by atoms with Crippen molar-refractivity contribution >= 4 is 17.9 Å². The van der Waals surface area contributed by atoms with E-state index in [0.717, 1.165) is 70.6 Å². The normalized spacial score (nSPS) is 12.5. The molecular weight excluding hydrogens is 801 g/mol. The van der Waals surface area contributed by atoms with Crippen LogP contribution in [-0.4, -0.2) is 61.6 Å². The molecule has 0 radical (unpaired) electrons. The lowest BCUT2D eigenvalue weighted by Gasteiger charge is -2.21. The Hall–Kier alpha value is -1.93. The molecule has 2 unspecified atom stereocenters. The Morgan fingerprint density at radius 1 is 0.359 bits per heavy atom. The van der Waals surface area contributed by atoms with E-state index in [9.17, 15) is 19.5 Å². The van der Waals surface area contributed by atoms with Gasteiger partial charge in [0.2, 0.25) is 0 Å². The van der Waals surface area contributed by atoms with Gasteiger partial charge < -0.3 is 24.1 Å². The molecule has 0 bridgehead atoms. The van der Waals surface area contributed by atoms with E-state index in [1.54, 1.807) is 0 Å². The number of hydrogen-bond donors (Lipinski definition) is 1. The molecule has 0 aliphatic heterocycles. The van der Waals surface area contributed by atoms with Crippen molar-refractivity contribution in [2.45, 2.75) is 303 Å². The number of rotatable bonds is 52. The van der Waals surface area contributed by atoms with Gasteiger partial charge in [-0.05, 0) is 44.9 Å². The molecule has 8 heteroatoms. The zero-order valence-electron chi connectivity index (χ0n) is 42.6. The molecule has 0 aromatic carbocycles. The van der Waals surface area contributed by atoms with Gasteiger partial charge in [-0.1, -0.05) is 238 Å². The molecule has 0 saturated carbocycles. The maximum absolute atomic E-state index is 12.9. The van der Waals surface area contributed by atoms with E-state index in [4.69, 9.17) is 18.9 Å². The third-order valence-corrected chi connectivity index (χ3v) is 12.5. The van der Waals surface area contributed by atoms with Crippen molar-refractivity contribution in [3.05, 3.63) is 12.2 Å². The molecule has 0 aliphatic rings. The van der Waals surface area contributed by atoms with Crippen LogP contribution in [0, 0.1) is 0 Å². The highest BCUT2D eigenvalue weighted by Crippen LogP contribution is 2.16. The Kier molecular flexibility index (Phi) is 50.5. The molecular formula is C56H106O8. The van der Waals surface area contributed by atoms with Crippen LogP contribution in [0.25, 0.3) is 0 Å². The number of ether oxygens (including phenoxy) is 4. The summed E-state index contributed by atoms with van der Waals surface area (Å²) in [5.74, 6) is -0.942. The monoisotopic (exact) mass is 907 g/mol. The van der Waals surface area contributed by atoms with Crippen molar-refractivity contribution in [1.82, 2.24) is 0 Å². The molecule has 0 heterocycles. The van der Waals surface area contributed by atoms with E-state index < -0.39 is 12.2 Å². The van der Waals surface area contributed by atoms with E-state index in [2.05, 4.69) is 32.9 Å². The van der Waals surface area contributed by atoms with Crippen LogP contribution in [0.5, 0.6) is 0 Å². The first kappa shape index (κ1) is 62.1. The van der Waals surface area contributed by atoms with Gasteiger partial charge in [0.1, 0.15) is 19.3 Å². The number of unbranched alkanes of at least 4 members (excludes halogenated alkanes) is 35. The quantitative estimate of drug-likeness (QED) is 0.0278. The van der Waals surface area contributed by atoms with Crippen molar-refractivity contribution in [2.24, 2.45) is 0 Å². The van der Waals surface area contributed by atoms with Crippen molar-refractivity contribution in [1.29, 1.82) is 0 Å². The number of esters is 3.